The van der Waals surface area contributed by atoms with Crippen LogP contribution in [0.4, 0.5) is 11.4 Å². The van der Waals surface area contributed by atoms with E-state index in [-0.39, 0.29) is 17.3 Å². The predicted octanol–water partition coefficient (Wildman–Crippen LogP) is 1.90. The molecule has 1 rings (SSSR count). The third-order valence-electron chi connectivity index (χ3n) is 2.49. The fraction of sp³-hybridized carbons (Fsp3) is 0.364. The predicted molar refractivity (Wildman–Crippen MR) is 65.0 cm³/mol. The third-order valence-corrected chi connectivity index (χ3v) is 2.49. The van der Waals surface area contributed by atoms with Gasteiger partial charge in [-0.25, -0.2) is 0 Å². The summed E-state index contributed by atoms with van der Waals surface area (Å²) in [6.45, 7) is 3.86. The van der Waals surface area contributed by atoms with Gasteiger partial charge in [0, 0.05) is 17.7 Å². The molecule has 1 atom stereocenters. The number of carbonyl (C=O) groups is 1. The molecular weight excluding hydrogens is 222 g/mol. The second-order valence-corrected chi connectivity index (χ2v) is 3.81. The lowest BCUT2D eigenvalue weighted by atomic mass is 10.1. The summed E-state index contributed by atoms with van der Waals surface area (Å²) in [6.07, 6.45) is 0.817. The van der Waals surface area contributed by atoms with Gasteiger partial charge in [0.15, 0.2) is 0 Å². The second-order valence-electron chi connectivity index (χ2n) is 3.81. The van der Waals surface area contributed by atoms with Gasteiger partial charge >= 0.3 is 0 Å². The molecule has 1 amide bonds. The Morgan fingerprint density at radius 1 is 1.59 bits per heavy atom. The molecule has 0 bridgehead atoms. The van der Waals surface area contributed by atoms with Gasteiger partial charge in [-0.3, -0.25) is 14.9 Å². The van der Waals surface area contributed by atoms with Crippen LogP contribution >= 0.6 is 0 Å². The van der Waals surface area contributed by atoms with Gasteiger partial charge in [0.2, 0.25) is 5.91 Å². The second kappa shape index (κ2) is 5.29. The van der Waals surface area contributed by atoms with Crippen LogP contribution in [0.3, 0.4) is 0 Å². The van der Waals surface area contributed by atoms with Crippen molar-refractivity contribution in [2.45, 2.75) is 26.3 Å². The van der Waals surface area contributed by atoms with Crippen LogP contribution < -0.4 is 11.1 Å². The van der Waals surface area contributed by atoms with E-state index in [1.807, 2.05) is 13.8 Å². The van der Waals surface area contributed by atoms with Gasteiger partial charge in [-0.1, -0.05) is 6.92 Å². The third kappa shape index (κ3) is 3.17. The van der Waals surface area contributed by atoms with E-state index >= 15 is 0 Å². The highest BCUT2D eigenvalue weighted by Gasteiger charge is 2.16. The molecule has 0 aliphatic rings. The summed E-state index contributed by atoms with van der Waals surface area (Å²) in [7, 11) is 0. The lowest BCUT2D eigenvalue weighted by Gasteiger charge is -2.13. The van der Waals surface area contributed by atoms with E-state index < -0.39 is 10.8 Å². The van der Waals surface area contributed by atoms with Crippen LogP contribution in [0.5, 0.6) is 0 Å². The van der Waals surface area contributed by atoms with Crippen molar-refractivity contribution in [2.24, 2.45) is 5.73 Å². The van der Waals surface area contributed by atoms with E-state index in [4.69, 9.17) is 5.73 Å². The van der Waals surface area contributed by atoms with Crippen molar-refractivity contribution in [3.63, 3.8) is 0 Å². The first kappa shape index (κ1) is 13.0. The van der Waals surface area contributed by atoms with Gasteiger partial charge in [-0.2, -0.15) is 0 Å². The highest BCUT2D eigenvalue weighted by molar-refractivity contribution is 5.94. The van der Waals surface area contributed by atoms with E-state index in [0.717, 1.165) is 6.42 Å². The molecule has 92 valence electrons. The molecule has 0 radical (unpaired) electrons. The zero-order valence-corrected chi connectivity index (χ0v) is 9.77. The molecule has 0 saturated heterocycles. The molecule has 6 heteroatoms. The molecule has 0 fully saturated rings. The Labute approximate surface area is 99.0 Å². The number of carbonyl (C=O) groups excluding carboxylic acids is 1. The lowest BCUT2D eigenvalue weighted by Crippen LogP contribution is -2.16. The van der Waals surface area contributed by atoms with Crippen LogP contribution in [0.15, 0.2) is 18.2 Å². The molecule has 0 heterocycles. The fourth-order valence-corrected chi connectivity index (χ4v) is 1.33. The number of nitro groups is 1. The maximum Gasteiger partial charge on any atom is 0.292 e. The molecule has 0 aromatic heterocycles. The summed E-state index contributed by atoms with van der Waals surface area (Å²) in [6, 6.07) is 4.12. The molecule has 0 aliphatic carbocycles. The van der Waals surface area contributed by atoms with Gasteiger partial charge in [0.1, 0.15) is 5.69 Å². The molecule has 0 saturated carbocycles. The van der Waals surface area contributed by atoms with E-state index in [9.17, 15) is 14.9 Å². The Morgan fingerprint density at radius 2 is 2.24 bits per heavy atom. The first-order chi connectivity index (χ1) is 7.95. The highest BCUT2D eigenvalue weighted by atomic mass is 16.6. The number of nitro benzene ring substituents is 1. The van der Waals surface area contributed by atoms with Crippen LogP contribution in [-0.2, 0) is 0 Å². The maximum absolute atomic E-state index is 11.0. The standard InChI is InChI=1S/C11H15N3O3/c1-3-7(2)13-9-6-8(11(12)15)4-5-10(9)14(16)17/h4-7,13H,3H2,1-2H3,(H2,12,15). The Morgan fingerprint density at radius 3 is 2.71 bits per heavy atom. The Bertz CT molecular complexity index is 446. The molecule has 0 spiro atoms. The number of nitrogens with zero attached hydrogens (tertiary/aromatic N) is 1. The number of hydrogen-bond donors (Lipinski definition) is 2. The minimum absolute atomic E-state index is 0.0599. The van der Waals surface area contributed by atoms with Crippen molar-refractivity contribution in [1.82, 2.24) is 0 Å². The normalized spacial score (nSPS) is 11.9. The van der Waals surface area contributed by atoms with Crippen LogP contribution in [-0.4, -0.2) is 16.9 Å². The molecule has 3 N–H and O–H groups in total. The van der Waals surface area contributed by atoms with Gasteiger partial charge in [0.25, 0.3) is 5.69 Å². The highest BCUT2D eigenvalue weighted by Crippen LogP contribution is 2.26. The number of primary amides is 1. The topological polar surface area (TPSA) is 98.3 Å². The van der Waals surface area contributed by atoms with Gasteiger partial charge in [0.05, 0.1) is 4.92 Å². The minimum atomic E-state index is -0.605. The van der Waals surface area contributed by atoms with Gasteiger partial charge in [-0.05, 0) is 25.5 Å². The van der Waals surface area contributed by atoms with E-state index in [2.05, 4.69) is 5.32 Å². The lowest BCUT2D eigenvalue weighted by molar-refractivity contribution is -0.384. The van der Waals surface area contributed by atoms with Crippen molar-refractivity contribution >= 4 is 17.3 Å². The number of benzene rings is 1. The van der Waals surface area contributed by atoms with Crippen LogP contribution in [0.1, 0.15) is 30.6 Å². The largest absolute Gasteiger partial charge is 0.377 e. The Balaban J connectivity index is 3.15. The Kier molecular flexibility index (Phi) is 4.03. The summed E-state index contributed by atoms with van der Waals surface area (Å²) in [4.78, 5) is 21.3. The van der Waals surface area contributed by atoms with Gasteiger partial charge < -0.3 is 11.1 Å². The van der Waals surface area contributed by atoms with Crippen molar-refractivity contribution < 1.29 is 9.72 Å². The smallest absolute Gasteiger partial charge is 0.292 e. The quantitative estimate of drug-likeness (QED) is 0.603. The molecule has 6 nitrogen and oxygen atoms in total. The van der Waals surface area contributed by atoms with Crippen molar-refractivity contribution in [1.29, 1.82) is 0 Å². The average Bonchev–Trinajstić information content (AvgIpc) is 2.28. The average molecular weight is 237 g/mol. The van der Waals surface area contributed by atoms with Crippen molar-refractivity contribution in [2.75, 3.05) is 5.32 Å². The molecular formula is C11H15N3O3. The SMILES string of the molecule is CCC(C)Nc1cc(C(N)=O)ccc1[N+](=O)[O-]. The van der Waals surface area contributed by atoms with E-state index in [1.165, 1.54) is 18.2 Å². The number of nitrogens with one attached hydrogen (secondary N) is 1. The zero-order valence-electron chi connectivity index (χ0n) is 9.77. The number of nitrogens with two attached hydrogens (primary N) is 1. The molecule has 1 aromatic carbocycles. The van der Waals surface area contributed by atoms with Crippen molar-refractivity contribution in [3.05, 3.63) is 33.9 Å². The van der Waals surface area contributed by atoms with Gasteiger partial charge in [-0.15, -0.1) is 0 Å². The number of hydrogen-bond acceptors (Lipinski definition) is 4. The first-order valence-electron chi connectivity index (χ1n) is 5.30. The maximum atomic E-state index is 11.0. The summed E-state index contributed by atoms with van der Waals surface area (Å²) < 4.78 is 0. The summed E-state index contributed by atoms with van der Waals surface area (Å²) in [5, 5.41) is 13.8. The summed E-state index contributed by atoms with van der Waals surface area (Å²) >= 11 is 0. The van der Waals surface area contributed by atoms with Crippen molar-refractivity contribution in [3.8, 4) is 0 Å². The summed E-state index contributed by atoms with van der Waals surface area (Å²) in [5.74, 6) is -0.605. The van der Waals surface area contributed by atoms with Crippen LogP contribution in [0.25, 0.3) is 0 Å². The summed E-state index contributed by atoms with van der Waals surface area (Å²) in [5.41, 5.74) is 5.65. The minimum Gasteiger partial charge on any atom is -0.377 e. The number of rotatable bonds is 5. The first-order valence-corrected chi connectivity index (χ1v) is 5.30. The number of amides is 1. The van der Waals surface area contributed by atoms with E-state index in [1.54, 1.807) is 0 Å². The monoisotopic (exact) mass is 237 g/mol. The molecule has 17 heavy (non-hydrogen) atoms. The van der Waals surface area contributed by atoms with E-state index in [0.29, 0.717) is 5.69 Å². The molecule has 1 aromatic rings. The van der Waals surface area contributed by atoms with Crippen LogP contribution in [0.2, 0.25) is 0 Å². The van der Waals surface area contributed by atoms with Crippen LogP contribution in [0, 0.1) is 10.1 Å². The number of anilines is 1. The molecule has 1 unspecified atom stereocenters. The zero-order chi connectivity index (χ0) is 13.0. The Hall–Kier alpha value is -2.11. The molecule has 0 aliphatic heterocycles. The fourth-order valence-electron chi connectivity index (χ4n) is 1.33.